The molecule has 0 aliphatic heterocycles. The van der Waals surface area contributed by atoms with Gasteiger partial charge in [-0.2, -0.15) is 0 Å². The van der Waals surface area contributed by atoms with Crippen molar-refractivity contribution in [3.8, 4) is 11.5 Å². The van der Waals surface area contributed by atoms with E-state index in [0.29, 0.717) is 17.9 Å². The molecule has 1 aliphatic rings. The Kier molecular flexibility index (Phi) is 7.41. The standard InChI is InChI=1S/C32H27NO6/c34-30(28-19-23(31(35)36)16-17-27(28)32(37)38)33(29-15-7-10-22-9-4-5-14-26(22)29)20-21-8-6-13-25(18-21)39-24-11-2-1-3-12-24/h1-6,8-9,11-14,16-19,29H,7,10,15,20H2,(H,35,36)(H,37,38)/t29-/m0/s1. The summed E-state index contributed by atoms with van der Waals surface area (Å²) in [6, 6.07) is 28.0. The van der Waals surface area contributed by atoms with E-state index in [-0.39, 0.29) is 29.3 Å². The minimum absolute atomic E-state index is 0.148. The van der Waals surface area contributed by atoms with Crippen LogP contribution < -0.4 is 4.74 Å². The first-order valence-electron chi connectivity index (χ1n) is 12.7. The summed E-state index contributed by atoms with van der Waals surface area (Å²) in [6.07, 6.45) is 2.46. The Morgan fingerprint density at radius 1 is 0.769 bits per heavy atom. The average molecular weight is 522 g/mol. The molecular weight excluding hydrogens is 494 g/mol. The number of amides is 1. The SMILES string of the molecule is O=C(O)c1ccc(C(=O)O)c(C(=O)N(Cc2cccc(Oc3ccccc3)c2)[C@H]2CCCc3ccccc32)c1. The molecule has 4 aromatic carbocycles. The van der Waals surface area contributed by atoms with E-state index in [0.717, 1.165) is 35.6 Å². The van der Waals surface area contributed by atoms with Crippen LogP contribution in [0.2, 0.25) is 0 Å². The third-order valence-corrected chi connectivity index (χ3v) is 6.93. The van der Waals surface area contributed by atoms with Crippen molar-refractivity contribution < 1.29 is 29.3 Å². The third-order valence-electron chi connectivity index (χ3n) is 6.93. The number of aromatic carboxylic acids is 2. The first kappa shape index (κ1) is 25.7. The van der Waals surface area contributed by atoms with Crippen molar-refractivity contribution in [1.29, 1.82) is 0 Å². The van der Waals surface area contributed by atoms with Gasteiger partial charge in [-0.15, -0.1) is 0 Å². The van der Waals surface area contributed by atoms with Gasteiger partial charge in [0.1, 0.15) is 11.5 Å². The van der Waals surface area contributed by atoms with Crippen LogP contribution in [0.15, 0.2) is 97.1 Å². The highest BCUT2D eigenvalue weighted by molar-refractivity contribution is 6.06. The number of hydrogen-bond acceptors (Lipinski definition) is 4. The summed E-state index contributed by atoms with van der Waals surface area (Å²) in [5, 5.41) is 19.4. The molecule has 4 aromatic rings. The summed E-state index contributed by atoms with van der Waals surface area (Å²) in [5.74, 6) is -1.78. The lowest BCUT2D eigenvalue weighted by Gasteiger charge is -2.36. The third kappa shape index (κ3) is 5.67. The highest BCUT2D eigenvalue weighted by Gasteiger charge is 2.32. The first-order chi connectivity index (χ1) is 18.9. The molecule has 0 saturated carbocycles. The van der Waals surface area contributed by atoms with Crippen molar-refractivity contribution in [1.82, 2.24) is 4.90 Å². The summed E-state index contributed by atoms with van der Waals surface area (Å²) in [4.78, 5) is 39.6. The second kappa shape index (κ2) is 11.2. The fourth-order valence-corrected chi connectivity index (χ4v) is 5.10. The van der Waals surface area contributed by atoms with Crippen LogP contribution >= 0.6 is 0 Å². The molecule has 39 heavy (non-hydrogen) atoms. The van der Waals surface area contributed by atoms with Gasteiger partial charge >= 0.3 is 11.9 Å². The molecule has 5 rings (SSSR count). The van der Waals surface area contributed by atoms with Gasteiger partial charge in [-0.3, -0.25) is 4.79 Å². The van der Waals surface area contributed by atoms with Crippen LogP contribution in [0.3, 0.4) is 0 Å². The minimum Gasteiger partial charge on any atom is -0.478 e. The second-order valence-electron chi connectivity index (χ2n) is 9.47. The molecule has 0 bridgehead atoms. The maximum Gasteiger partial charge on any atom is 0.336 e. The summed E-state index contributed by atoms with van der Waals surface area (Å²) >= 11 is 0. The lowest BCUT2D eigenvalue weighted by Crippen LogP contribution is -2.37. The zero-order valence-corrected chi connectivity index (χ0v) is 21.1. The van der Waals surface area contributed by atoms with Crippen LogP contribution in [0.5, 0.6) is 11.5 Å². The van der Waals surface area contributed by atoms with Crippen molar-refractivity contribution in [2.24, 2.45) is 0 Å². The fourth-order valence-electron chi connectivity index (χ4n) is 5.10. The van der Waals surface area contributed by atoms with E-state index in [1.54, 1.807) is 4.90 Å². The molecule has 1 atom stereocenters. The number of nitrogens with zero attached hydrogens (tertiary/aromatic N) is 1. The number of para-hydroxylation sites is 1. The average Bonchev–Trinajstić information content (AvgIpc) is 2.95. The Morgan fingerprint density at radius 3 is 2.28 bits per heavy atom. The van der Waals surface area contributed by atoms with Gasteiger partial charge in [-0.05, 0) is 78.4 Å². The lowest BCUT2D eigenvalue weighted by atomic mass is 9.86. The number of carboxylic acids is 2. The largest absolute Gasteiger partial charge is 0.478 e. The number of rotatable bonds is 8. The van der Waals surface area contributed by atoms with Crippen LogP contribution in [-0.2, 0) is 13.0 Å². The van der Waals surface area contributed by atoms with E-state index < -0.39 is 17.8 Å². The molecule has 0 radical (unpaired) electrons. The molecule has 0 spiro atoms. The number of carbonyl (C=O) groups excluding carboxylic acids is 1. The summed E-state index contributed by atoms with van der Waals surface area (Å²) in [7, 11) is 0. The Labute approximate surface area is 225 Å². The summed E-state index contributed by atoms with van der Waals surface area (Å²) < 4.78 is 5.99. The Morgan fingerprint density at radius 2 is 1.51 bits per heavy atom. The molecule has 7 nitrogen and oxygen atoms in total. The topological polar surface area (TPSA) is 104 Å². The Balaban J connectivity index is 1.56. The van der Waals surface area contributed by atoms with E-state index in [2.05, 4.69) is 0 Å². The summed E-state index contributed by atoms with van der Waals surface area (Å²) in [5.41, 5.74) is 2.42. The van der Waals surface area contributed by atoms with Gasteiger partial charge in [0.2, 0.25) is 0 Å². The van der Waals surface area contributed by atoms with E-state index in [1.807, 2.05) is 78.9 Å². The smallest absolute Gasteiger partial charge is 0.336 e. The number of ether oxygens (including phenoxy) is 1. The lowest BCUT2D eigenvalue weighted by molar-refractivity contribution is 0.0614. The van der Waals surface area contributed by atoms with Crippen molar-refractivity contribution in [3.63, 3.8) is 0 Å². The monoisotopic (exact) mass is 521 g/mol. The van der Waals surface area contributed by atoms with Crippen LogP contribution in [0.25, 0.3) is 0 Å². The Bertz CT molecular complexity index is 1530. The molecule has 7 heteroatoms. The second-order valence-corrected chi connectivity index (χ2v) is 9.47. The number of carbonyl (C=O) groups is 3. The number of aryl methyl sites for hydroxylation is 1. The predicted molar refractivity (Wildman–Crippen MR) is 145 cm³/mol. The number of benzene rings is 4. The molecule has 0 heterocycles. The zero-order valence-electron chi connectivity index (χ0n) is 21.1. The predicted octanol–water partition coefficient (Wildman–Crippen LogP) is 6.60. The van der Waals surface area contributed by atoms with Gasteiger partial charge in [0.15, 0.2) is 0 Å². The molecule has 1 amide bonds. The van der Waals surface area contributed by atoms with Gasteiger partial charge in [0.05, 0.1) is 22.7 Å². The molecule has 0 unspecified atom stereocenters. The molecule has 196 valence electrons. The Hall–Kier alpha value is -4.91. The molecule has 0 saturated heterocycles. The molecule has 1 aliphatic carbocycles. The van der Waals surface area contributed by atoms with Crippen LogP contribution in [0.1, 0.15) is 66.6 Å². The van der Waals surface area contributed by atoms with Crippen molar-refractivity contribution >= 4 is 17.8 Å². The molecule has 0 aromatic heterocycles. The van der Waals surface area contributed by atoms with Crippen molar-refractivity contribution in [3.05, 3.63) is 130 Å². The summed E-state index contributed by atoms with van der Waals surface area (Å²) in [6.45, 7) is 0.181. The maximum absolute atomic E-state index is 14.2. The van der Waals surface area contributed by atoms with Crippen molar-refractivity contribution in [2.75, 3.05) is 0 Å². The van der Waals surface area contributed by atoms with Crippen molar-refractivity contribution in [2.45, 2.75) is 31.8 Å². The zero-order chi connectivity index (χ0) is 27.4. The number of fused-ring (bicyclic) bond motifs is 1. The minimum atomic E-state index is -1.29. The highest BCUT2D eigenvalue weighted by Crippen LogP contribution is 2.37. The van der Waals surface area contributed by atoms with E-state index in [9.17, 15) is 24.6 Å². The highest BCUT2D eigenvalue weighted by atomic mass is 16.5. The maximum atomic E-state index is 14.2. The van der Waals surface area contributed by atoms with Gasteiger partial charge < -0.3 is 19.8 Å². The van der Waals surface area contributed by atoms with E-state index >= 15 is 0 Å². The van der Waals surface area contributed by atoms with Gasteiger partial charge in [-0.1, -0.05) is 54.6 Å². The fraction of sp³-hybridized carbons (Fsp3) is 0.156. The van der Waals surface area contributed by atoms with Gasteiger partial charge in [0.25, 0.3) is 5.91 Å². The number of carboxylic acid groups (broad SMARTS) is 2. The van der Waals surface area contributed by atoms with Crippen LogP contribution in [-0.4, -0.2) is 33.0 Å². The van der Waals surface area contributed by atoms with E-state index in [4.69, 9.17) is 4.74 Å². The van der Waals surface area contributed by atoms with E-state index in [1.165, 1.54) is 12.1 Å². The quantitative estimate of drug-likeness (QED) is 0.271. The molecule has 0 fully saturated rings. The van der Waals surface area contributed by atoms with Gasteiger partial charge in [-0.25, -0.2) is 9.59 Å². The molecular formula is C32H27NO6. The number of hydrogen-bond donors (Lipinski definition) is 2. The first-order valence-corrected chi connectivity index (χ1v) is 12.7. The van der Waals surface area contributed by atoms with Crippen LogP contribution in [0, 0.1) is 0 Å². The van der Waals surface area contributed by atoms with Gasteiger partial charge in [0, 0.05) is 6.54 Å². The molecule has 2 N–H and O–H groups in total. The normalized spacial score (nSPS) is 14.2. The van der Waals surface area contributed by atoms with Crippen LogP contribution in [0.4, 0.5) is 0 Å².